The fourth-order valence-electron chi connectivity index (χ4n) is 3.94. The molecule has 1 amide bonds. The summed E-state index contributed by atoms with van der Waals surface area (Å²) in [4.78, 5) is 30.0. The molecule has 29 heavy (non-hydrogen) atoms. The van der Waals surface area contributed by atoms with Crippen molar-refractivity contribution in [1.29, 1.82) is 0 Å². The molecule has 0 aliphatic carbocycles. The van der Waals surface area contributed by atoms with Crippen molar-refractivity contribution in [2.24, 2.45) is 0 Å². The Morgan fingerprint density at radius 2 is 1.76 bits per heavy atom. The van der Waals surface area contributed by atoms with Crippen LogP contribution in [0.25, 0.3) is 10.9 Å². The maximum absolute atomic E-state index is 12.8. The van der Waals surface area contributed by atoms with Gasteiger partial charge in [0.1, 0.15) is 5.82 Å². The van der Waals surface area contributed by atoms with E-state index in [0.717, 1.165) is 16.6 Å². The molecule has 1 heterocycles. The third kappa shape index (κ3) is 4.39. The highest BCUT2D eigenvalue weighted by Crippen LogP contribution is 2.17. The van der Waals surface area contributed by atoms with Crippen molar-refractivity contribution in [3.05, 3.63) is 74.3 Å². The SMILES string of the molecule is CCn1c(CCC(=O)NCc2c(C)cc(C)cc2C)nc2c(C)cccc2c1=O. The summed E-state index contributed by atoms with van der Waals surface area (Å²) in [7, 11) is 0. The molecule has 0 saturated heterocycles. The normalized spacial score (nSPS) is 11.1. The van der Waals surface area contributed by atoms with Gasteiger partial charge in [0.05, 0.1) is 10.9 Å². The minimum Gasteiger partial charge on any atom is -0.352 e. The number of para-hydroxylation sites is 1. The van der Waals surface area contributed by atoms with Gasteiger partial charge in [-0.15, -0.1) is 0 Å². The summed E-state index contributed by atoms with van der Waals surface area (Å²) in [6.45, 7) is 11.2. The Morgan fingerprint density at radius 3 is 2.41 bits per heavy atom. The molecule has 152 valence electrons. The van der Waals surface area contributed by atoms with Crippen molar-refractivity contribution in [2.45, 2.75) is 60.5 Å². The lowest BCUT2D eigenvalue weighted by molar-refractivity contribution is -0.121. The van der Waals surface area contributed by atoms with E-state index in [-0.39, 0.29) is 11.5 Å². The van der Waals surface area contributed by atoms with Crippen LogP contribution >= 0.6 is 0 Å². The average molecular weight is 392 g/mol. The highest BCUT2D eigenvalue weighted by molar-refractivity contribution is 5.81. The molecule has 5 nitrogen and oxygen atoms in total. The Kier molecular flexibility index (Phi) is 6.16. The average Bonchev–Trinajstić information content (AvgIpc) is 2.66. The van der Waals surface area contributed by atoms with E-state index in [2.05, 4.69) is 38.2 Å². The first-order valence-electron chi connectivity index (χ1n) is 10.1. The van der Waals surface area contributed by atoms with E-state index in [1.54, 1.807) is 4.57 Å². The van der Waals surface area contributed by atoms with E-state index in [4.69, 9.17) is 4.98 Å². The second-order valence-electron chi connectivity index (χ2n) is 7.70. The topological polar surface area (TPSA) is 64.0 Å². The monoisotopic (exact) mass is 391 g/mol. The highest BCUT2D eigenvalue weighted by Gasteiger charge is 2.13. The summed E-state index contributed by atoms with van der Waals surface area (Å²) >= 11 is 0. The van der Waals surface area contributed by atoms with Crippen LogP contribution in [0.15, 0.2) is 35.1 Å². The van der Waals surface area contributed by atoms with Crippen LogP contribution in [0.1, 0.15) is 47.0 Å². The molecule has 0 fully saturated rings. The van der Waals surface area contributed by atoms with Crippen LogP contribution in [0.5, 0.6) is 0 Å². The standard InChI is InChI=1S/C24H29N3O2/c1-6-27-21(26-23-16(3)8-7-9-19(23)24(27)29)10-11-22(28)25-14-20-17(4)12-15(2)13-18(20)5/h7-9,12-13H,6,10-11,14H2,1-5H3,(H,25,28). The van der Waals surface area contributed by atoms with E-state index in [9.17, 15) is 9.59 Å². The molecule has 0 bridgehead atoms. The number of aromatic nitrogens is 2. The van der Waals surface area contributed by atoms with Crippen molar-refractivity contribution < 1.29 is 4.79 Å². The lowest BCUT2D eigenvalue weighted by atomic mass is 10.00. The number of benzene rings is 2. The molecule has 0 atom stereocenters. The van der Waals surface area contributed by atoms with Crippen LogP contribution in [0, 0.1) is 27.7 Å². The number of nitrogens with zero attached hydrogens (tertiary/aromatic N) is 2. The van der Waals surface area contributed by atoms with E-state index in [1.165, 1.54) is 16.7 Å². The quantitative estimate of drug-likeness (QED) is 0.693. The van der Waals surface area contributed by atoms with Crippen molar-refractivity contribution in [1.82, 2.24) is 14.9 Å². The first kappa shape index (κ1) is 20.8. The summed E-state index contributed by atoms with van der Waals surface area (Å²) in [6, 6.07) is 9.91. The first-order valence-corrected chi connectivity index (χ1v) is 10.1. The summed E-state index contributed by atoms with van der Waals surface area (Å²) in [5, 5.41) is 3.65. The zero-order valence-corrected chi connectivity index (χ0v) is 17.9. The third-order valence-corrected chi connectivity index (χ3v) is 5.46. The number of carbonyl (C=O) groups is 1. The first-order chi connectivity index (χ1) is 13.8. The Hall–Kier alpha value is -2.95. The van der Waals surface area contributed by atoms with E-state index >= 15 is 0 Å². The number of rotatable bonds is 6. The van der Waals surface area contributed by atoms with Gasteiger partial charge < -0.3 is 5.32 Å². The Bertz CT molecular complexity index is 1110. The molecule has 1 aromatic heterocycles. The fourth-order valence-corrected chi connectivity index (χ4v) is 3.94. The number of aryl methyl sites for hydroxylation is 5. The Balaban J connectivity index is 1.74. The molecule has 0 unspecified atom stereocenters. The van der Waals surface area contributed by atoms with Crippen LogP contribution in [0.2, 0.25) is 0 Å². The van der Waals surface area contributed by atoms with Crippen LogP contribution in [0.4, 0.5) is 0 Å². The largest absolute Gasteiger partial charge is 0.352 e. The molecular formula is C24H29N3O2. The van der Waals surface area contributed by atoms with Gasteiger partial charge in [0, 0.05) is 25.9 Å². The second-order valence-corrected chi connectivity index (χ2v) is 7.70. The predicted molar refractivity (Wildman–Crippen MR) is 117 cm³/mol. The number of fused-ring (bicyclic) bond motifs is 1. The van der Waals surface area contributed by atoms with Gasteiger partial charge in [0.15, 0.2) is 0 Å². The second kappa shape index (κ2) is 8.60. The third-order valence-electron chi connectivity index (χ3n) is 5.46. The summed E-state index contributed by atoms with van der Waals surface area (Å²) in [6.07, 6.45) is 0.735. The van der Waals surface area contributed by atoms with Gasteiger partial charge in [-0.25, -0.2) is 4.98 Å². The maximum atomic E-state index is 12.8. The molecule has 3 rings (SSSR count). The van der Waals surface area contributed by atoms with Crippen LogP contribution in [0.3, 0.4) is 0 Å². The smallest absolute Gasteiger partial charge is 0.261 e. The van der Waals surface area contributed by atoms with Gasteiger partial charge >= 0.3 is 0 Å². The molecular weight excluding hydrogens is 362 g/mol. The number of hydrogen-bond donors (Lipinski definition) is 1. The van der Waals surface area contributed by atoms with Crippen molar-refractivity contribution in [3.63, 3.8) is 0 Å². The minimum atomic E-state index is -0.0393. The molecule has 0 spiro atoms. The molecule has 0 saturated carbocycles. The molecule has 0 radical (unpaired) electrons. The fraction of sp³-hybridized carbons (Fsp3) is 0.375. The number of carbonyl (C=O) groups excluding carboxylic acids is 1. The van der Waals surface area contributed by atoms with Crippen molar-refractivity contribution in [2.75, 3.05) is 0 Å². The van der Waals surface area contributed by atoms with E-state index in [1.807, 2.05) is 32.0 Å². The van der Waals surface area contributed by atoms with Crippen LogP contribution in [-0.4, -0.2) is 15.5 Å². The van der Waals surface area contributed by atoms with Gasteiger partial charge in [0.2, 0.25) is 5.91 Å². The van der Waals surface area contributed by atoms with Gasteiger partial charge in [-0.1, -0.05) is 29.8 Å². The Labute approximate surface area is 171 Å². The van der Waals surface area contributed by atoms with Gasteiger partial charge in [-0.3, -0.25) is 14.2 Å². The zero-order valence-electron chi connectivity index (χ0n) is 17.9. The number of nitrogens with one attached hydrogen (secondary N) is 1. The van der Waals surface area contributed by atoms with Gasteiger partial charge in [-0.2, -0.15) is 0 Å². The molecule has 0 aliphatic heterocycles. The molecule has 1 N–H and O–H groups in total. The molecule has 3 aromatic rings. The van der Waals surface area contributed by atoms with Gasteiger partial charge in [0.25, 0.3) is 5.56 Å². The highest BCUT2D eigenvalue weighted by atomic mass is 16.1. The molecule has 0 aliphatic rings. The lowest BCUT2D eigenvalue weighted by Gasteiger charge is -2.14. The summed E-state index contributed by atoms with van der Waals surface area (Å²) in [5.41, 5.74) is 6.42. The number of hydrogen-bond acceptors (Lipinski definition) is 3. The lowest BCUT2D eigenvalue weighted by Crippen LogP contribution is -2.28. The molecule has 2 aromatic carbocycles. The minimum absolute atomic E-state index is 0.0360. The number of amides is 1. The summed E-state index contributed by atoms with van der Waals surface area (Å²) in [5.74, 6) is 0.628. The summed E-state index contributed by atoms with van der Waals surface area (Å²) < 4.78 is 1.67. The molecule has 5 heteroatoms. The van der Waals surface area contributed by atoms with Crippen LogP contribution < -0.4 is 10.9 Å². The van der Waals surface area contributed by atoms with Crippen molar-refractivity contribution >= 4 is 16.8 Å². The van der Waals surface area contributed by atoms with E-state index in [0.29, 0.717) is 37.1 Å². The van der Waals surface area contributed by atoms with E-state index < -0.39 is 0 Å². The van der Waals surface area contributed by atoms with Crippen molar-refractivity contribution in [3.8, 4) is 0 Å². The predicted octanol–water partition coefficient (Wildman–Crippen LogP) is 3.90. The zero-order chi connectivity index (χ0) is 21.1. The van der Waals surface area contributed by atoms with Crippen LogP contribution in [-0.2, 0) is 24.3 Å². The Morgan fingerprint density at radius 1 is 1.07 bits per heavy atom. The maximum Gasteiger partial charge on any atom is 0.261 e. The van der Waals surface area contributed by atoms with Gasteiger partial charge in [-0.05, 0) is 62.9 Å².